The molecule has 21 heavy (non-hydrogen) atoms. The number of sulfonamides is 1. The van der Waals surface area contributed by atoms with Crippen LogP contribution in [0.4, 0.5) is 0 Å². The smallest absolute Gasteiger partial charge is 0.224 e. The van der Waals surface area contributed by atoms with Crippen LogP contribution in [-0.2, 0) is 22.9 Å². The molecule has 3 nitrogen and oxygen atoms in total. The Morgan fingerprint density at radius 3 is 2.10 bits per heavy atom. The van der Waals surface area contributed by atoms with Gasteiger partial charge in [-0.25, -0.2) is 13.6 Å². The lowest BCUT2D eigenvalue weighted by Crippen LogP contribution is -2.13. The van der Waals surface area contributed by atoms with Crippen LogP contribution < -0.4 is 5.14 Å². The molecule has 0 spiro atoms. The molecule has 122 valence electrons. The summed E-state index contributed by atoms with van der Waals surface area (Å²) in [4.78, 5) is 1.11. The first-order valence-corrected chi connectivity index (χ1v) is 10.4. The van der Waals surface area contributed by atoms with Crippen LogP contribution in [-0.4, -0.2) is 8.42 Å². The van der Waals surface area contributed by atoms with Crippen molar-refractivity contribution in [3.63, 3.8) is 0 Å². The molecule has 0 atom stereocenters. The Kier molecular flexibility index (Phi) is 7.92. The van der Waals surface area contributed by atoms with E-state index < -0.39 is 10.0 Å². The maximum atomic E-state index is 11.8. The standard InChI is InChI=1S/C16H29NO2S2/c1-4-6-7-8-9-10-12-15-14(11-5-2)13(3)20-16(15)21(17,18)19/h4-12H2,1-3H3,(H2,17,18,19). The predicted molar refractivity (Wildman–Crippen MR) is 91.5 cm³/mol. The van der Waals surface area contributed by atoms with E-state index in [-0.39, 0.29) is 0 Å². The highest BCUT2D eigenvalue weighted by Gasteiger charge is 2.22. The van der Waals surface area contributed by atoms with Crippen molar-refractivity contribution < 1.29 is 8.42 Å². The van der Waals surface area contributed by atoms with E-state index in [9.17, 15) is 8.42 Å². The number of aryl methyl sites for hydroxylation is 1. The third kappa shape index (κ3) is 5.72. The first kappa shape index (κ1) is 18.7. The van der Waals surface area contributed by atoms with Crippen molar-refractivity contribution >= 4 is 21.4 Å². The van der Waals surface area contributed by atoms with E-state index in [1.54, 1.807) is 0 Å². The minimum Gasteiger partial charge on any atom is -0.224 e. The van der Waals surface area contributed by atoms with Gasteiger partial charge in [0.2, 0.25) is 10.0 Å². The molecule has 5 heteroatoms. The first-order valence-electron chi connectivity index (χ1n) is 8.05. The largest absolute Gasteiger partial charge is 0.247 e. The minimum atomic E-state index is -3.59. The molecule has 0 amide bonds. The topological polar surface area (TPSA) is 60.2 Å². The Morgan fingerprint density at radius 2 is 1.52 bits per heavy atom. The van der Waals surface area contributed by atoms with Gasteiger partial charge in [0.15, 0.2) is 0 Å². The zero-order chi connectivity index (χ0) is 15.9. The van der Waals surface area contributed by atoms with Gasteiger partial charge in [0, 0.05) is 4.88 Å². The maximum Gasteiger partial charge on any atom is 0.247 e. The van der Waals surface area contributed by atoms with Gasteiger partial charge < -0.3 is 0 Å². The van der Waals surface area contributed by atoms with Crippen molar-refractivity contribution in [2.45, 2.75) is 82.8 Å². The predicted octanol–water partition coefficient (Wildman–Crippen LogP) is 4.56. The van der Waals surface area contributed by atoms with Gasteiger partial charge in [-0.3, -0.25) is 0 Å². The SMILES string of the molecule is CCCCCCCCc1c(S(N)(=O)=O)sc(C)c1CCC. The molecule has 0 saturated heterocycles. The van der Waals surface area contributed by atoms with Crippen molar-refractivity contribution in [1.29, 1.82) is 0 Å². The van der Waals surface area contributed by atoms with Crippen molar-refractivity contribution in [1.82, 2.24) is 0 Å². The van der Waals surface area contributed by atoms with E-state index in [0.29, 0.717) is 4.21 Å². The fraction of sp³-hybridized carbons (Fsp3) is 0.750. The second-order valence-electron chi connectivity index (χ2n) is 5.72. The molecule has 0 bridgehead atoms. The molecule has 1 rings (SSSR count). The summed E-state index contributed by atoms with van der Waals surface area (Å²) in [6.07, 6.45) is 10.1. The molecule has 0 unspecified atom stereocenters. The molecule has 2 N–H and O–H groups in total. The number of hydrogen-bond donors (Lipinski definition) is 1. The van der Waals surface area contributed by atoms with E-state index in [1.807, 2.05) is 6.92 Å². The summed E-state index contributed by atoms with van der Waals surface area (Å²) in [5.41, 5.74) is 2.22. The van der Waals surface area contributed by atoms with E-state index >= 15 is 0 Å². The van der Waals surface area contributed by atoms with Crippen LogP contribution in [0.15, 0.2) is 4.21 Å². The minimum absolute atomic E-state index is 0.400. The third-order valence-corrected chi connectivity index (χ3v) is 6.51. The van der Waals surface area contributed by atoms with Gasteiger partial charge in [-0.05, 0) is 37.3 Å². The van der Waals surface area contributed by atoms with Crippen molar-refractivity contribution in [2.75, 3.05) is 0 Å². The quantitative estimate of drug-likeness (QED) is 0.639. The molecule has 0 aliphatic carbocycles. The van der Waals surface area contributed by atoms with Gasteiger partial charge in [-0.15, -0.1) is 11.3 Å². The van der Waals surface area contributed by atoms with Gasteiger partial charge >= 0.3 is 0 Å². The lowest BCUT2D eigenvalue weighted by Gasteiger charge is -2.07. The fourth-order valence-electron chi connectivity index (χ4n) is 2.74. The molecule has 0 aliphatic heterocycles. The Labute approximate surface area is 134 Å². The van der Waals surface area contributed by atoms with Gasteiger partial charge in [0.25, 0.3) is 0 Å². The molecule has 0 radical (unpaired) electrons. The van der Waals surface area contributed by atoms with Crippen LogP contribution in [0.2, 0.25) is 0 Å². The van der Waals surface area contributed by atoms with Gasteiger partial charge in [-0.1, -0.05) is 52.4 Å². The molecule has 0 aromatic carbocycles. The fourth-order valence-corrected chi connectivity index (χ4v) is 5.12. The van der Waals surface area contributed by atoms with Crippen molar-refractivity contribution in [2.24, 2.45) is 5.14 Å². The summed E-state index contributed by atoms with van der Waals surface area (Å²) in [6, 6.07) is 0. The number of primary sulfonamides is 1. The van der Waals surface area contributed by atoms with Crippen LogP contribution in [0.3, 0.4) is 0 Å². The molecule has 1 aromatic rings. The molecular weight excluding hydrogens is 302 g/mol. The number of nitrogens with two attached hydrogens (primary N) is 1. The van der Waals surface area contributed by atoms with Gasteiger partial charge in [0.1, 0.15) is 4.21 Å². The number of hydrogen-bond acceptors (Lipinski definition) is 3. The highest BCUT2D eigenvalue weighted by Crippen LogP contribution is 2.33. The zero-order valence-electron chi connectivity index (χ0n) is 13.6. The van der Waals surface area contributed by atoms with Crippen LogP contribution in [0.1, 0.15) is 74.8 Å². The van der Waals surface area contributed by atoms with Crippen LogP contribution in [0.25, 0.3) is 0 Å². The lowest BCUT2D eigenvalue weighted by molar-refractivity contribution is 0.593. The Morgan fingerprint density at radius 1 is 0.905 bits per heavy atom. The Balaban J connectivity index is 2.78. The summed E-state index contributed by atoms with van der Waals surface area (Å²) in [7, 11) is -3.59. The third-order valence-electron chi connectivity index (χ3n) is 3.82. The van der Waals surface area contributed by atoms with E-state index in [0.717, 1.165) is 36.1 Å². The number of rotatable bonds is 10. The molecule has 1 heterocycles. The van der Waals surface area contributed by atoms with E-state index in [4.69, 9.17) is 5.14 Å². The van der Waals surface area contributed by atoms with Crippen LogP contribution >= 0.6 is 11.3 Å². The monoisotopic (exact) mass is 331 g/mol. The highest BCUT2D eigenvalue weighted by atomic mass is 32.2. The normalized spacial score (nSPS) is 12.0. The van der Waals surface area contributed by atoms with Gasteiger partial charge in [0.05, 0.1) is 0 Å². The average molecular weight is 332 g/mol. The van der Waals surface area contributed by atoms with Crippen molar-refractivity contribution in [3.8, 4) is 0 Å². The summed E-state index contributed by atoms with van der Waals surface area (Å²) in [5, 5.41) is 5.39. The summed E-state index contributed by atoms with van der Waals surface area (Å²) < 4.78 is 24.0. The summed E-state index contributed by atoms with van der Waals surface area (Å²) in [6.45, 7) is 6.35. The lowest BCUT2D eigenvalue weighted by atomic mass is 10.0. The number of thiophene rings is 1. The second kappa shape index (κ2) is 8.91. The van der Waals surface area contributed by atoms with E-state index in [1.165, 1.54) is 49.0 Å². The molecule has 0 aliphatic rings. The molecule has 0 fully saturated rings. The van der Waals surface area contributed by atoms with E-state index in [2.05, 4.69) is 13.8 Å². The average Bonchev–Trinajstić information content (AvgIpc) is 2.72. The molecule has 1 aromatic heterocycles. The first-order chi connectivity index (χ1) is 9.91. The van der Waals surface area contributed by atoms with Crippen molar-refractivity contribution in [3.05, 3.63) is 16.0 Å². The van der Waals surface area contributed by atoms with Crippen LogP contribution in [0.5, 0.6) is 0 Å². The maximum absolute atomic E-state index is 11.8. The zero-order valence-corrected chi connectivity index (χ0v) is 15.2. The summed E-state index contributed by atoms with van der Waals surface area (Å²) in [5.74, 6) is 0. The second-order valence-corrected chi connectivity index (χ2v) is 8.70. The molecule has 0 saturated carbocycles. The summed E-state index contributed by atoms with van der Waals surface area (Å²) >= 11 is 1.35. The Hall–Kier alpha value is -0.390. The van der Waals surface area contributed by atoms with Gasteiger partial charge in [-0.2, -0.15) is 0 Å². The van der Waals surface area contributed by atoms with Crippen LogP contribution in [0, 0.1) is 6.92 Å². The molecular formula is C16H29NO2S2. The Bertz CT molecular complexity index is 533. The highest BCUT2D eigenvalue weighted by molar-refractivity contribution is 7.91. The number of unbranched alkanes of at least 4 members (excludes halogenated alkanes) is 5.